The van der Waals surface area contributed by atoms with Crippen molar-refractivity contribution in [2.24, 2.45) is 0 Å². The van der Waals surface area contributed by atoms with Crippen molar-refractivity contribution in [3.05, 3.63) is 47.7 Å². The maximum atomic E-state index is 9.35. The SMILES string of the molecule is OCc1cccc2c1-c1cccn1CC2. The molecule has 0 amide bonds. The Balaban J connectivity index is 2.29. The van der Waals surface area contributed by atoms with Crippen LogP contribution in [-0.4, -0.2) is 9.67 Å². The van der Waals surface area contributed by atoms with Gasteiger partial charge in [0.1, 0.15) is 0 Å². The summed E-state index contributed by atoms with van der Waals surface area (Å²) in [7, 11) is 0. The molecule has 0 aliphatic carbocycles. The molecule has 15 heavy (non-hydrogen) atoms. The number of benzene rings is 1. The Morgan fingerprint density at radius 1 is 1.20 bits per heavy atom. The molecule has 3 rings (SSSR count). The van der Waals surface area contributed by atoms with Crippen LogP contribution in [0.25, 0.3) is 11.3 Å². The number of hydrogen-bond donors (Lipinski definition) is 1. The molecule has 0 saturated carbocycles. The van der Waals surface area contributed by atoms with Crippen LogP contribution in [-0.2, 0) is 19.6 Å². The van der Waals surface area contributed by atoms with Crippen LogP contribution in [0.5, 0.6) is 0 Å². The van der Waals surface area contributed by atoms with Crippen molar-refractivity contribution in [2.75, 3.05) is 0 Å². The van der Waals surface area contributed by atoms with Gasteiger partial charge in [0.05, 0.1) is 6.61 Å². The van der Waals surface area contributed by atoms with Crippen LogP contribution in [0.3, 0.4) is 0 Å². The second-order valence-corrected chi connectivity index (χ2v) is 3.95. The van der Waals surface area contributed by atoms with E-state index < -0.39 is 0 Å². The quantitative estimate of drug-likeness (QED) is 0.748. The molecule has 1 aliphatic rings. The van der Waals surface area contributed by atoms with Crippen molar-refractivity contribution in [3.8, 4) is 11.3 Å². The molecule has 1 aromatic heterocycles. The molecule has 0 bridgehead atoms. The van der Waals surface area contributed by atoms with E-state index in [1.54, 1.807) is 0 Å². The third kappa shape index (κ3) is 1.22. The van der Waals surface area contributed by atoms with Crippen molar-refractivity contribution >= 4 is 0 Å². The van der Waals surface area contributed by atoms with Gasteiger partial charge in [-0.05, 0) is 29.7 Å². The van der Waals surface area contributed by atoms with Crippen molar-refractivity contribution in [2.45, 2.75) is 19.6 Å². The number of rotatable bonds is 1. The van der Waals surface area contributed by atoms with Gasteiger partial charge < -0.3 is 9.67 Å². The first-order valence-corrected chi connectivity index (χ1v) is 5.27. The molecule has 2 nitrogen and oxygen atoms in total. The fourth-order valence-corrected chi connectivity index (χ4v) is 2.40. The minimum absolute atomic E-state index is 0.119. The molecule has 0 spiro atoms. The Morgan fingerprint density at radius 3 is 3.00 bits per heavy atom. The number of aliphatic hydroxyl groups is 1. The van der Waals surface area contributed by atoms with Gasteiger partial charge in [0.2, 0.25) is 0 Å². The summed E-state index contributed by atoms with van der Waals surface area (Å²) in [5.41, 5.74) is 4.86. The smallest absolute Gasteiger partial charge is 0.0688 e. The number of nitrogens with zero attached hydrogens (tertiary/aromatic N) is 1. The Kier molecular flexibility index (Phi) is 1.89. The van der Waals surface area contributed by atoms with Crippen molar-refractivity contribution < 1.29 is 5.11 Å². The summed E-state index contributed by atoms with van der Waals surface area (Å²) in [6.07, 6.45) is 3.16. The van der Waals surface area contributed by atoms with E-state index in [0.717, 1.165) is 18.5 Å². The number of aryl methyl sites for hydroxylation is 2. The van der Waals surface area contributed by atoms with E-state index >= 15 is 0 Å². The van der Waals surface area contributed by atoms with Gasteiger partial charge in [0.15, 0.2) is 0 Å². The fourth-order valence-electron chi connectivity index (χ4n) is 2.40. The highest BCUT2D eigenvalue weighted by Gasteiger charge is 2.17. The lowest BCUT2D eigenvalue weighted by Gasteiger charge is -2.21. The summed E-state index contributed by atoms with van der Waals surface area (Å²) in [6, 6.07) is 10.4. The van der Waals surface area contributed by atoms with E-state index in [9.17, 15) is 5.11 Å². The predicted octanol–water partition coefficient (Wildman–Crippen LogP) is 2.20. The van der Waals surface area contributed by atoms with Gasteiger partial charge in [-0.3, -0.25) is 0 Å². The molecule has 2 heterocycles. The number of aromatic nitrogens is 1. The monoisotopic (exact) mass is 199 g/mol. The first-order valence-electron chi connectivity index (χ1n) is 5.27. The normalized spacial score (nSPS) is 13.4. The third-order valence-electron chi connectivity index (χ3n) is 3.12. The van der Waals surface area contributed by atoms with Crippen molar-refractivity contribution in [1.29, 1.82) is 0 Å². The predicted molar refractivity (Wildman–Crippen MR) is 59.5 cm³/mol. The number of hydrogen-bond acceptors (Lipinski definition) is 1. The number of fused-ring (bicyclic) bond motifs is 3. The maximum absolute atomic E-state index is 9.35. The van der Waals surface area contributed by atoms with Crippen LogP contribution in [0.1, 0.15) is 11.1 Å². The highest BCUT2D eigenvalue weighted by Crippen LogP contribution is 2.32. The highest BCUT2D eigenvalue weighted by atomic mass is 16.3. The molecule has 0 atom stereocenters. The molecule has 0 radical (unpaired) electrons. The molecule has 76 valence electrons. The van der Waals surface area contributed by atoms with Crippen LogP contribution >= 0.6 is 0 Å². The molecule has 2 aromatic rings. The van der Waals surface area contributed by atoms with E-state index in [1.807, 2.05) is 12.1 Å². The minimum atomic E-state index is 0.119. The second-order valence-electron chi connectivity index (χ2n) is 3.95. The molecular weight excluding hydrogens is 186 g/mol. The van der Waals surface area contributed by atoms with E-state index in [2.05, 4.69) is 29.0 Å². The zero-order valence-electron chi connectivity index (χ0n) is 8.48. The van der Waals surface area contributed by atoms with Gasteiger partial charge in [-0.15, -0.1) is 0 Å². The molecule has 1 aliphatic heterocycles. The standard InChI is InChI=1S/C13H13NO/c15-9-11-4-1-3-10-6-8-14-7-2-5-12(14)13(10)11/h1-5,7,15H,6,8-9H2. The maximum Gasteiger partial charge on any atom is 0.0688 e. The lowest BCUT2D eigenvalue weighted by atomic mass is 9.94. The molecule has 2 heteroatoms. The Bertz CT molecular complexity index is 485. The van der Waals surface area contributed by atoms with Gasteiger partial charge in [-0.2, -0.15) is 0 Å². The van der Waals surface area contributed by atoms with E-state index in [0.29, 0.717) is 0 Å². The van der Waals surface area contributed by atoms with Gasteiger partial charge in [0, 0.05) is 24.0 Å². The van der Waals surface area contributed by atoms with E-state index in [4.69, 9.17) is 0 Å². The molecule has 0 unspecified atom stereocenters. The molecule has 1 N–H and O–H groups in total. The Labute approximate surface area is 88.8 Å². The fraction of sp³-hybridized carbons (Fsp3) is 0.231. The first-order chi connectivity index (χ1) is 7.40. The van der Waals surface area contributed by atoms with Crippen molar-refractivity contribution in [1.82, 2.24) is 4.57 Å². The van der Waals surface area contributed by atoms with E-state index in [1.165, 1.54) is 16.8 Å². The minimum Gasteiger partial charge on any atom is -0.392 e. The second kappa shape index (κ2) is 3.24. The summed E-state index contributed by atoms with van der Waals surface area (Å²) in [5, 5.41) is 9.35. The van der Waals surface area contributed by atoms with Crippen LogP contribution in [0.4, 0.5) is 0 Å². The summed E-state index contributed by atoms with van der Waals surface area (Å²) in [4.78, 5) is 0. The topological polar surface area (TPSA) is 25.2 Å². The average Bonchev–Trinajstić information content (AvgIpc) is 2.76. The Morgan fingerprint density at radius 2 is 2.13 bits per heavy atom. The molecule has 1 aromatic carbocycles. The third-order valence-corrected chi connectivity index (χ3v) is 3.12. The van der Waals surface area contributed by atoms with Gasteiger partial charge in [-0.1, -0.05) is 18.2 Å². The molecular formula is C13H13NO. The average molecular weight is 199 g/mol. The van der Waals surface area contributed by atoms with Gasteiger partial charge in [-0.25, -0.2) is 0 Å². The summed E-state index contributed by atoms with van der Waals surface area (Å²) >= 11 is 0. The van der Waals surface area contributed by atoms with Crippen LogP contribution in [0, 0.1) is 0 Å². The number of aliphatic hydroxyl groups excluding tert-OH is 1. The first kappa shape index (κ1) is 8.74. The van der Waals surface area contributed by atoms with Crippen LogP contribution in [0.2, 0.25) is 0 Å². The lowest BCUT2D eigenvalue weighted by molar-refractivity contribution is 0.282. The van der Waals surface area contributed by atoms with Crippen LogP contribution < -0.4 is 0 Å². The zero-order valence-corrected chi connectivity index (χ0v) is 8.48. The van der Waals surface area contributed by atoms with Crippen LogP contribution in [0.15, 0.2) is 36.5 Å². The Hall–Kier alpha value is -1.54. The van der Waals surface area contributed by atoms with Gasteiger partial charge in [0.25, 0.3) is 0 Å². The zero-order chi connectivity index (χ0) is 10.3. The summed E-state index contributed by atoms with van der Waals surface area (Å²) in [6.45, 7) is 1.17. The lowest BCUT2D eigenvalue weighted by Crippen LogP contribution is -2.11. The summed E-state index contributed by atoms with van der Waals surface area (Å²) < 4.78 is 2.25. The molecule has 0 saturated heterocycles. The molecule has 0 fully saturated rings. The summed E-state index contributed by atoms with van der Waals surface area (Å²) in [5.74, 6) is 0. The van der Waals surface area contributed by atoms with Crippen molar-refractivity contribution in [3.63, 3.8) is 0 Å². The van der Waals surface area contributed by atoms with E-state index in [-0.39, 0.29) is 6.61 Å². The largest absolute Gasteiger partial charge is 0.392 e. The highest BCUT2D eigenvalue weighted by molar-refractivity contribution is 5.70. The van der Waals surface area contributed by atoms with Gasteiger partial charge >= 0.3 is 0 Å².